The molecule has 2 rings (SSSR count). The molecule has 0 radical (unpaired) electrons. The van der Waals surface area contributed by atoms with Gasteiger partial charge in [0, 0.05) is 6.07 Å². The van der Waals surface area contributed by atoms with E-state index in [4.69, 9.17) is 10.5 Å². The van der Waals surface area contributed by atoms with Crippen LogP contribution >= 0.6 is 0 Å². The van der Waals surface area contributed by atoms with Gasteiger partial charge >= 0.3 is 0 Å². The first-order valence-corrected chi connectivity index (χ1v) is 5.65. The van der Waals surface area contributed by atoms with Crippen molar-refractivity contribution in [2.45, 2.75) is 45.1 Å². The number of nitrogen functional groups attached to an aromatic ring is 1. The summed E-state index contributed by atoms with van der Waals surface area (Å²) in [6, 6.07) is 3.72. The Balaban J connectivity index is 2.00. The Hall–Kier alpha value is -1.25. The zero-order valence-corrected chi connectivity index (χ0v) is 9.20. The SMILES string of the molecule is Cc1nc(OC2CCCCC2)ccc1N. The monoisotopic (exact) mass is 206 g/mol. The maximum Gasteiger partial charge on any atom is 0.213 e. The molecule has 1 heterocycles. The fourth-order valence-electron chi connectivity index (χ4n) is 1.97. The van der Waals surface area contributed by atoms with E-state index in [2.05, 4.69) is 4.98 Å². The number of ether oxygens (including phenoxy) is 1. The Bertz CT molecular complexity index is 332. The second kappa shape index (κ2) is 4.51. The number of hydrogen-bond acceptors (Lipinski definition) is 3. The van der Waals surface area contributed by atoms with E-state index in [1.807, 2.05) is 19.1 Å². The second-order valence-corrected chi connectivity index (χ2v) is 4.20. The van der Waals surface area contributed by atoms with Crippen molar-refractivity contribution in [3.63, 3.8) is 0 Å². The Morgan fingerprint density at radius 3 is 2.67 bits per heavy atom. The summed E-state index contributed by atoms with van der Waals surface area (Å²) in [6.45, 7) is 1.91. The molecular formula is C12H18N2O. The molecule has 1 aromatic rings. The molecular weight excluding hydrogens is 188 g/mol. The second-order valence-electron chi connectivity index (χ2n) is 4.20. The highest BCUT2D eigenvalue weighted by Crippen LogP contribution is 2.23. The van der Waals surface area contributed by atoms with Gasteiger partial charge in [0.25, 0.3) is 0 Å². The Kier molecular flexibility index (Phi) is 3.09. The quantitative estimate of drug-likeness (QED) is 0.809. The fraction of sp³-hybridized carbons (Fsp3) is 0.583. The number of aromatic nitrogens is 1. The molecule has 1 aromatic heterocycles. The molecule has 2 N–H and O–H groups in total. The molecule has 0 spiro atoms. The van der Waals surface area contributed by atoms with Crippen LogP contribution in [-0.4, -0.2) is 11.1 Å². The van der Waals surface area contributed by atoms with E-state index in [0.29, 0.717) is 12.0 Å². The summed E-state index contributed by atoms with van der Waals surface area (Å²) in [5.74, 6) is 0.716. The number of nitrogens with zero attached hydrogens (tertiary/aromatic N) is 1. The van der Waals surface area contributed by atoms with Crippen LogP contribution in [0.2, 0.25) is 0 Å². The van der Waals surface area contributed by atoms with Crippen molar-refractivity contribution < 1.29 is 4.74 Å². The van der Waals surface area contributed by atoms with Gasteiger partial charge < -0.3 is 10.5 Å². The Morgan fingerprint density at radius 1 is 1.27 bits per heavy atom. The zero-order valence-electron chi connectivity index (χ0n) is 9.20. The third-order valence-electron chi connectivity index (χ3n) is 2.94. The van der Waals surface area contributed by atoms with Crippen molar-refractivity contribution in [2.24, 2.45) is 0 Å². The van der Waals surface area contributed by atoms with Gasteiger partial charge in [0.15, 0.2) is 0 Å². The lowest BCUT2D eigenvalue weighted by Crippen LogP contribution is -2.20. The van der Waals surface area contributed by atoms with Gasteiger partial charge in [0.2, 0.25) is 5.88 Å². The predicted octanol–water partition coefficient (Wildman–Crippen LogP) is 2.68. The average Bonchev–Trinajstić information content (AvgIpc) is 2.25. The van der Waals surface area contributed by atoms with E-state index in [9.17, 15) is 0 Å². The normalized spacial score (nSPS) is 17.7. The van der Waals surface area contributed by atoms with Gasteiger partial charge in [-0.05, 0) is 38.7 Å². The van der Waals surface area contributed by atoms with Gasteiger partial charge in [0.05, 0.1) is 11.4 Å². The van der Waals surface area contributed by atoms with Crippen molar-refractivity contribution in [2.75, 3.05) is 5.73 Å². The van der Waals surface area contributed by atoms with E-state index in [1.165, 1.54) is 19.3 Å². The number of aryl methyl sites for hydroxylation is 1. The van der Waals surface area contributed by atoms with E-state index >= 15 is 0 Å². The number of hydrogen-bond donors (Lipinski definition) is 1. The molecule has 1 saturated carbocycles. The number of anilines is 1. The predicted molar refractivity (Wildman–Crippen MR) is 60.9 cm³/mol. The first kappa shape index (κ1) is 10.3. The maximum absolute atomic E-state index is 5.82. The van der Waals surface area contributed by atoms with E-state index in [1.54, 1.807) is 0 Å². The molecule has 0 aliphatic heterocycles. The summed E-state index contributed by atoms with van der Waals surface area (Å²) < 4.78 is 5.82. The van der Waals surface area contributed by atoms with Gasteiger partial charge in [0.1, 0.15) is 6.10 Å². The third kappa shape index (κ3) is 2.61. The average molecular weight is 206 g/mol. The van der Waals surface area contributed by atoms with Gasteiger partial charge in [-0.2, -0.15) is 0 Å². The summed E-state index contributed by atoms with van der Waals surface area (Å²) >= 11 is 0. The van der Waals surface area contributed by atoms with Crippen molar-refractivity contribution in [1.29, 1.82) is 0 Å². The lowest BCUT2D eigenvalue weighted by atomic mass is 9.98. The molecule has 3 heteroatoms. The molecule has 1 aliphatic carbocycles. The molecule has 0 aromatic carbocycles. The maximum atomic E-state index is 5.82. The molecule has 3 nitrogen and oxygen atoms in total. The number of rotatable bonds is 2. The standard InChI is InChI=1S/C12H18N2O/c1-9-11(13)7-8-12(14-9)15-10-5-3-2-4-6-10/h7-8,10H,2-6,13H2,1H3. The Labute approximate surface area is 90.7 Å². The van der Waals surface area contributed by atoms with Gasteiger partial charge in [-0.1, -0.05) is 6.42 Å². The minimum Gasteiger partial charge on any atom is -0.474 e. The third-order valence-corrected chi connectivity index (χ3v) is 2.94. The van der Waals surface area contributed by atoms with Crippen molar-refractivity contribution in [3.8, 4) is 5.88 Å². The Morgan fingerprint density at radius 2 is 2.00 bits per heavy atom. The zero-order chi connectivity index (χ0) is 10.7. The lowest BCUT2D eigenvalue weighted by molar-refractivity contribution is 0.148. The molecule has 0 amide bonds. The topological polar surface area (TPSA) is 48.1 Å². The first-order valence-electron chi connectivity index (χ1n) is 5.65. The van der Waals surface area contributed by atoms with Crippen molar-refractivity contribution in [1.82, 2.24) is 4.98 Å². The largest absolute Gasteiger partial charge is 0.474 e. The van der Waals surface area contributed by atoms with Crippen LogP contribution in [0.25, 0.3) is 0 Å². The number of nitrogens with two attached hydrogens (primary N) is 1. The molecule has 15 heavy (non-hydrogen) atoms. The molecule has 0 unspecified atom stereocenters. The summed E-state index contributed by atoms with van der Waals surface area (Å²) in [7, 11) is 0. The summed E-state index contributed by atoms with van der Waals surface area (Å²) in [6.07, 6.45) is 6.57. The lowest BCUT2D eigenvalue weighted by Gasteiger charge is -2.22. The van der Waals surface area contributed by atoms with Gasteiger partial charge in [-0.15, -0.1) is 0 Å². The highest BCUT2D eigenvalue weighted by molar-refractivity contribution is 5.43. The first-order chi connectivity index (χ1) is 7.25. The fourth-order valence-corrected chi connectivity index (χ4v) is 1.97. The van der Waals surface area contributed by atoms with Crippen LogP contribution in [-0.2, 0) is 0 Å². The molecule has 0 saturated heterocycles. The van der Waals surface area contributed by atoms with E-state index in [-0.39, 0.29) is 0 Å². The summed E-state index contributed by atoms with van der Waals surface area (Å²) in [4.78, 5) is 4.32. The molecule has 0 bridgehead atoms. The highest BCUT2D eigenvalue weighted by Gasteiger charge is 2.15. The van der Waals surface area contributed by atoms with Crippen LogP contribution in [0.1, 0.15) is 37.8 Å². The molecule has 0 atom stereocenters. The molecule has 82 valence electrons. The van der Waals surface area contributed by atoms with Crippen molar-refractivity contribution in [3.05, 3.63) is 17.8 Å². The summed E-state index contributed by atoms with van der Waals surface area (Å²) in [5, 5.41) is 0. The van der Waals surface area contributed by atoms with Crippen LogP contribution in [0, 0.1) is 6.92 Å². The highest BCUT2D eigenvalue weighted by atomic mass is 16.5. The number of pyridine rings is 1. The van der Waals surface area contributed by atoms with Crippen LogP contribution in [0.3, 0.4) is 0 Å². The summed E-state index contributed by atoms with van der Waals surface area (Å²) in [5.41, 5.74) is 7.28. The van der Waals surface area contributed by atoms with Crippen LogP contribution < -0.4 is 10.5 Å². The van der Waals surface area contributed by atoms with E-state index in [0.717, 1.165) is 24.2 Å². The minimum atomic E-state index is 0.356. The van der Waals surface area contributed by atoms with Crippen molar-refractivity contribution >= 4 is 5.69 Å². The van der Waals surface area contributed by atoms with Gasteiger partial charge in [-0.3, -0.25) is 0 Å². The van der Waals surface area contributed by atoms with Crippen LogP contribution in [0.5, 0.6) is 5.88 Å². The van der Waals surface area contributed by atoms with Crippen LogP contribution in [0.4, 0.5) is 5.69 Å². The van der Waals surface area contributed by atoms with Gasteiger partial charge in [-0.25, -0.2) is 4.98 Å². The van der Waals surface area contributed by atoms with Crippen LogP contribution in [0.15, 0.2) is 12.1 Å². The minimum absolute atomic E-state index is 0.356. The molecule has 1 aliphatic rings. The van der Waals surface area contributed by atoms with E-state index < -0.39 is 0 Å². The smallest absolute Gasteiger partial charge is 0.213 e. The molecule has 1 fully saturated rings.